The Morgan fingerprint density at radius 3 is 2.65 bits per heavy atom. The number of benzene rings is 1. The standard InChI is InChI=1S/C13H17N3O/c1-9-13(15-12(8-14)16(9)2)10-6-4-5-7-11(10)17-3/h4-7H,8,14H2,1-3H3. The van der Waals surface area contributed by atoms with Crippen molar-refractivity contribution in [1.82, 2.24) is 9.55 Å². The van der Waals surface area contributed by atoms with E-state index in [9.17, 15) is 0 Å². The van der Waals surface area contributed by atoms with Crippen molar-refractivity contribution in [3.8, 4) is 17.0 Å². The molecule has 0 aliphatic rings. The third-order valence-electron chi connectivity index (χ3n) is 3.02. The van der Waals surface area contributed by atoms with Crippen LogP contribution in [-0.2, 0) is 13.6 Å². The lowest BCUT2D eigenvalue weighted by Crippen LogP contribution is -2.05. The molecule has 0 radical (unpaired) electrons. The number of methoxy groups -OCH3 is 1. The minimum atomic E-state index is 0.437. The molecule has 0 spiro atoms. The van der Waals surface area contributed by atoms with Crippen LogP contribution in [0.15, 0.2) is 24.3 Å². The van der Waals surface area contributed by atoms with Crippen LogP contribution in [0, 0.1) is 6.92 Å². The van der Waals surface area contributed by atoms with E-state index in [1.54, 1.807) is 7.11 Å². The topological polar surface area (TPSA) is 53.1 Å². The van der Waals surface area contributed by atoms with Crippen LogP contribution in [0.3, 0.4) is 0 Å². The van der Waals surface area contributed by atoms with Gasteiger partial charge in [0.25, 0.3) is 0 Å². The van der Waals surface area contributed by atoms with Gasteiger partial charge in [0.05, 0.1) is 19.3 Å². The Morgan fingerprint density at radius 2 is 2.06 bits per heavy atom. The summed E-state index contributed by atoms with van der Waals surface area (Å²) >= 11 is 0. The van der Waals surface area contributed by atoms with Crippen molar-refractivity contribution in [1.29, 1.82) is 0 Å². The van der Waals surface area contributed by atoms with Crippen molar-refractivity contribution in [2.24, 2.45) is 12.8 Å². The van der Waals surface area contributed by atoms with Gasteiger partial charge >= 0.3 is 0 Å². The number of hydrogen-bond acceptors (Lipinski definition) is 3. The molecule has 4 nitrogen and oxygen atoms in total. The molecule has 0 saturated heterocycles. The molecule has 0 amide bonds. The molecule has 0 fully saturated rings. The summed E-state index contributed by atoms with van der Waals surface area (Å²) in [5, 5.41) is 0. The van der Waals surface area contributed by atoms with E-state index in [1.165, 1.54) is 0 Å². The molecule has 1 aromatic carbocycles. The Bertz CT molecular complexity index is 531. The summed E-state index contributed by atoms with van der Waals surface area (Å²) in [6.45, 7) is 2.47. The second-order valence-electron chi connectivity index (χ2n) is 3.93. The lowest BCUT2D eigenvalue weighted by atomic mass is 10.1. The highest BCUT2D eigenvalue weighted by molar-refractivity contribution is 5.69. The number of nitrogens with zero attached hydrogens (tertiary/aromatic N) is 2. The summed E-state index contributed by atoms with van der Waals surface area (Å²) in [7, 11) is 3.64. The van der Waals surface area contributed by atoms with Gasteiger partial charge < -0.3 is 15.0 Å². The van der Waals surface area contributed by atoms with Gasteiger partial charge in [-0.05, 0) is 19.1 Å². The molecule has 0 bridgehead atoms. The molecular weight excluding hydrogens is 214 g/mol. The lowest BCUT2D eigenvalue weighted by Gasteiger charge is -2.06. The Morgan fingerprint density at radius 1 is 1.35 bits per heavy atom. The minimum Gasteiger partial charge on any atom is -0.496 e. The second-order valence-corrected chi connectivity index (χ2v) is 3.93. The van der Waals surface area contributed by atoms with Gasteiger partial charge in [0.15, 0.2) is 0 Å². The summed E-state index contributed by atoms with van der Waals surface area (Å²) in [5.41, 5.74) is 8.70. The third-order valence-corrected chi connectivity index (χ3v) is 3.02. The van der Waals surface area contributed by atoms with Crippen molar-refractivity contribution < 1.29 is 4.74 Å². The molecule has 0 aliphatic carbocycles. The van der Waals surface area contributed by atoms with E-state index in [-0.39, 0.29) is 0 Å². The van der Waals surface area contributed by atoms with Crippen LogP contribution in [-0.4, -0.2) is 16.7 Å². The van der Waals surface area contributed by atoms with Crippen LogP contribution >= 0.6 is 0 Å². The monoisotopic (exact) mass is 231 g/mol. The molecule has 0 unspecified atom stereocenters. The van der Waals surface area contributed by atoms with Crippen molar-refractivity contribution >= 4 is 0 Å². The quantitative estimate of drug-likeness (QED) is 0.877. The Hall–Kier alpha value is -1.81. The zero-order valence-corrected chi connectivity index (χ0v) is 10.4. The Labute approximate surface area is 101 Å². The van der Waals surface area contributed by atoms with Gasteiger partial charge in [0.2, 0.25) is 0 Å². The van der Waals surface area contributed by atoms with Crippen LogP contribution in [0.25, 0.3) is 11.3 Å². The van der Waals surface area contributed by atoms with Gasteiger partial charge in [-0.2, -0.15) is 0 Å². The van der Waals surface area contributed by atoms with Gasteiger partial charge in [-0.3, -0.25) is 0 Å². The summed E-state index contributed by atoms with van der Waals surface area (Å²) < 4.78 is 7.37. The average molecular weight is 231 g/mol. The van der Waals surface area contributed by atoms with Crippen molar-refractivity contribution in [3.05, 3.63) is 35.8 Å². The summed E-state index contributed by atoms with van der Waals surface area (Å²) in [6, 6.07) is 7.87. The van der Waals surface area contributed by atoms with E-state index < -0.39 is 0 Å². The molecule has 4 heteroatoms. The molecule has 2 rings (SSSR count). The number of hydrogen-bond donors (Lipinski definition) is 1. The van der Waals surface area contributed by atoms with E-state index >= 15 is 0 Å². The highest BCUT2D eigenvalue weighted by Crippen LogP contribution is 2.31. The number of aromatic nitrogens is 2. The molecule has 0 saturated carbocycles. The smallest absolute Gasteiger partial charge is 0.128 e. The van der Waals surface area contributed by atoms with E-state index in [2.05, 4.69) is 4.98 Å². The fourth-order valence-corrected chi connectivity index (χ4v) is 1.92. The molecule has 0 atom stereocenters. The highest BCUT2D eigenvalue weighted by atomic mass is 16.5. The molecule has 2 aromatic rings. The molecule has 17 heavy (non-hydrogen) atoms. The van der Waals surface area contributed by atoms with Gasteiger partial charge in [-0.1, -0.05) is 12.1 Å². The lowest BCUT2D eigenvalue weighted by molar-refractivity contribution is 0.416. The summed E-state index contributed by atoms with van der Waals surface area (Å²) in [5.74, 6) is 1.71. The minimum absolute atomic E-state index is 0.437. The Balaban J connectivity index is 2.60. The van der Waals surface area contributed by atoms with Crippen LogP contribution in [0.1, 0.15) is 11.5 Å². The third kappa shape index (κ3) is 1.91. The van der Waals surface area contributed by atoms with Gasteiger partial charge in [-0.25, -0.2) is 4.98 Å². The maximum absolute atomic E-state index is 5.67. The maximum atomic E-state index is 5.67. The van der Waals surface area contributed by atoms with E-state index in [0.717, 1.165) is 28.5 Å². The van der Waals surface area contributed by atoms with Crippen molar-refractivity contribution in [3.63, 3.8) is 0 Å². The molecule has 1 aromatic heterocycles. The first-order valence-electron chi connectivity index (χ1n) is 5.54. The molecule has 2 N–H and O–H groups in total. The predicted octanol–water partition coefficient (Wildman–Crippen LogP) is 1.86. The fourth-order valence-electron chi connectivity index (χ4n) is 1.92. The fraction of sp³-hybridized carbons (Fsp3) is 0.308. The molecular formula is C13H17N3O. The predicted molar refractivity (Wildman–Crippen MR) is 67.8 cm³/mol. The van der Waals surface area contributed by atoms with Crippen molar-refractivity contribution in [2.45, 2.75) is 13.5 Å². The number of nitrogens with two attached hydrogens (primary N) is 1. The molecule has 0 aliphatic heterocycles. The van der Waals surface area contributed by atoms with Crippen LogP contribution in [0.2, 0.25) is 0 Å². The van der Waals surface area contributed by atoms with E-state index in [1.807, 2.05) is 42.8 Å². The molecule has 90 valence electrons. The zero-order valence-electron chi connectivity index (χ0n) is 10.4. The highest BCUT2D eigenvalue weighted by Gasteiger charge is 2.14. The number of imidazole rings is 1. The van der Waals surface area contributed by atoms with E-state index in [4.69, 9.17) is 10.5 Å². The average Bonchev–Trinajstić information content (AvgIpc) is 2.66. The first-order chi connectivity index (χ1) is 8.19. The summed E-state index contributed by atoms with van der Waals surface area (Å²) in [4.78, 5) is 4.56. The first-order valence-corrected chi connectivity index (χ1v) is 5.54. The number of rotatable bonds is 3. The van der Waals surface area contributed by atoms with Crippen LogP contribution in [0.4, 0.5) is 0 Å². The first kappa shape index (κ1) is 11.7. The van der Waals surface area contributed by atoms with Gasteiger partial charge in [0.1, 0.15) is 11.6 Å². The van der Waals surface area contributed by atoms with Crippen molar-refractivity contribution in [2.75, 3.05) is 7.11 Å². The SMILES string of the molecule is COc1ccccc1-c1nc(CN)n(C)c1C. The maximum Gasteiger partial charge on any atom is 0.128 e. The normalized spacial score (nSPS) is 10.6. The van der Waals surface area contributed by atoms with E-state index in [0.29, 0.717) is 6.54 Å². The molecule has 1 heterocycles. The second kappa shape index (κ2) is 4.59. The zero-order chi connectivity index (χ0) is 12.4. The van der Waals surface area contributed by atoms with Gasteiger partial charge in [0, 0.05) is 18.3 Å². The van der Waals surface area contributed by atoms with Gasteiger partial charge in [-0.15, -0.1) is 0 Å². The Kier molecular flexibility index (Phi) is 3.15. The number of ether oxygens (including phenoxy) is 1. The largest absolute Gasteiger partial charge is 0.496 e. The summed E-state index contributed by atoms with van der Waals surface area (Å²) in [6.07, 6.45) is 0. The van der Waals surface area contributed by atoms with Crippen LogP contribution in [0.5, 0.6) is 5.75 Å². The van der Waals surface area contributed by atoms with Crippen LogP contribution < -0.4 is 10.5 Å². The number of para-hydroxylation sites is 1.